The molecule has 1 saturated heterocycles. The Bertz CT molecular complexity index is 1320. The van der Waals surface area contributed by atoms with E-state index in [1.54, 1.807) is 24.3 Å². The monoisotopic (exact) mass is 464 g/mol. The highest BCUT2D eigenvalue weighted by molar-refractivity contribution is 6.39. The van der Waals surface area contributed by atoms with E-state index in [4.69, 9.17) is 9.47 Å². The van der Waals surface area contributed by atoms with Crippen LogP contribution in [-0.4, -0.2) is 25.0 Å². The van der Waals surface area contributed by atoms with E-state index >= 15 is 0 Å². The number of hydrogen-bond donors (Lipinski definition) is 1. The van der Waals surface area contributed by atoms with Gasteiger partial charge in [0.1, 0.15) is 23.8 Å². The van der Waals surface area contributed by atoms with Crippen LogP contribution < -0.4 is 19.7 Å². The number of para-hydroxylation sites is 1. The quantitative estimate of drug-likeness (QED) is 0.436. The number of urea groups is 1. The molecule has 7 nitrogen and oxygen atoms in total. The van der Waals surface area contributed by atoms with Crippen LogP contribution in [0.2, 0.25) is 0 Å². The first-order chi connectivity index (χ1) is 16.4. The standard InChI is InChI=1S/C25H18F2N2O5/c1-33-22-13-15(9-10-21(22)34-14-16-5-4-6-17(26)11-16)12-18-23(30)28-25(32)29(24(18)31)20-8-3-2-7-19(20)27/h2-13H,14H2,1H3,(H,28,30,32)/b18-12-. The van der Waals surface area contributed by atoms with E-state index in [2.05, 4.69) is 0 Å². The van der Waals surface area contributed by atoms with Crippen LogP contribution in [0.4, 0.5) is 19.3 Å². The molecule has 1 aliphatic heterocycles. The Morgan fingerprint density at radius 2 is 1.74 bits per heavy atom. The largest absolute Gasteiger partial charge is 0.493 e. The molecule has 3 aromatic rings. The van der Waals surface area contributed by atoms with Gasteiger partial charge in [0.2, 0.25) is 0 Å². The van der Waals surface area contributed by atoms with Crippen LogP contribution in [0.25, 0.3) is 6.08 Å². The molecule has 0 aromatic heterocycles. The molecule has 34 heavy (non-hydrogen) atoms. The molecule has 0 unspecified atom stereocenters. The summed E-state index contributed by atoms with van der Waals surface area (Å²) < 4.78 is 38.6. The number of methoxy groups -OCH3 is 1. The van der Waals surface area contributed by atoms with Gasteiger partial charge in [0.25, 0.3) is 11.8 Å². The molecular formula is C25H18F2N2O5. The maximum Gasteiger partial charge on any atom is 0.336 e. The van der Waals surface area contributed by atoms with Crippen LogP contribution in [0, 0.1) is 11.6 Å². The fraction of sp³-hybridized carbons (Fsp3) is 0.0800. The number of carbonyl (C=O) groups is 3. The van der Waals surface area contributed by atoms with Gasteiger partial charge in [-0.3, -0.25) is 14.9 Å². The number of nitrogens with zero attached hydrogens (tertiary/aromatic N) is 1. The van der Waals surface area contributed by atoms with Crippen molar-refractivity contribution in [3.63, 3.8) is 0 Å². The third-order valence-electron chi connectivity index (χ3n) is 4.98. The molecule has 3 aromatic carbocycles. The summed E-state index contributed by atoms with van der Waals surface area (Å²) >= 11 is 0. The summed E-state index contributed by atoms with van der Waals surface area (Å²) in [6.45, 7) is 0.0924. The number of halogens is 2. The summed E-state index contributed by atoms with van der Waals surface area (Å²) in [7, 11) is 1.42. The van der Waals surface area contributed by atoms with Gasteiger partial charge >= 0.3 is 6.03 Å². The Balaban J connectivity index is 1.60. The summed E-state index contributed by atoms with van der Waals surface area (Å²) in [6, 6.07) is 14.8. The van der Waals surface area contributed by atoms with Crippen molar-refractivity contribution >= 4 is 29.6 Å². The molecular weight excluding hydrogens is 446 g/mol. The molecule has 4 rings (SSSR count). The lowest BCUT2D eigenvalue weighted by atomic mass is 10.1. The second-order valence-electron chi connectivity index (χ2n) is 7.24. The smallest absolute Gasteiger partial charge is 0.336 e. The van der Waals surface area contributed by atoms with E-state index < -0.39 is 23.7 Å². The number of nitrogens with one attached hydrogen (secondary N) is 1. The van der Waals surface area contributed by atoms with Crippen LogP contribution in [0.15, 0.2) is 72.3 Å². The Labute approximate surface area is 193 Å². The van der Waals surface area contributed by atoms with Gasteiger partial charge < -0.3 is 9.47 Å². The van der Waals surface area contributed by atoms with Gasteiger partial charge in [-0.25, -0.2) is 18.5 Å². The fourth-order valence-corrected chi connectivity index (χ4v) is 3.36. The van der Waals surface area contributed by atoms with Gasteiger partial charge in [-0.1, -0.05) is 30.3 Å². The number of amides is 4. The topological polar surface area (TPSA) is 84.9 Å². The number of rotatable bonds is 6. The van der Waals surface area contributed by atoms with E-state index in [1.165, 1.54) is 49.6 Å². The first kappa shape index (κ1) is 22.7. The van der Waals surface area contributed by atoms with Crippen molar-refractivity contribution in [2.24, 2.45) is 0 Å². The van der Waals surface area contributed by atoms with E-state index in [-0.39, 0.29) is 23.7 Å². The average molecular weight is 464 g/mol. The predicted molar refractivity (Wildman–Crippen MR) is 119 cm³/mol. The molecule has 1 fully saturated rings. The summed E-state index contributed by atoms with van der Waals surface area (Å²) in [5.41, 5.74) is 0.382. The molecule has 0 atom stereocenters. The highest BCUT2D eigenvalue weighted by atomic mass is 19.1. The summed E-state index contributed by atoms with van der Waals surface area (Å²) in [5.74, 6) is -2.39. The van der Waals surface area contributed by atoms with Gasteiger partial charge in [-0.05, 0) is 53.6 Å². The highest BCUT2D eigenvalue weighted by Crippen LogP contribution is 2.31. The number of anilines is 1. The van der Waals surface area contributed by atoms with E-state index in [0.717, 1.165) is 6.07 Å². The van der Waals surface area contributed by atoms with Crippen LogP contribution in [0.1, 0.15) is 11.1 Å². The minimum Gasteiger partial charge on any atom is -0.493 e. The summed E-state index contributed by atoms with van der Waals surface area (Å²) in [5, 5.41) is 2.04. The minimum atomic E-state index is -1.05. The predicted octanol–water partition coefficient (Wildman–Crippen LogP) is 4.22. The molecule has 0 spiro atoms. The van der Waals surface area contributed by atoms with E-state index in [9.17, 15) is 23.2 Å². The van der Waals surface area contributed by atoms with Gasteiger partial charge in [0, 0.05) is 0 Å². The van der Waals surface area contributed by atoms with Gasteiger partial charge in [0.05, 0.1) is 12.8 Å². The molecule has 1 N–H and O–H groups in total. The zero-order valence-corrected chi connectivity index (χ0v) is 17.9. The molecule has 4 amide bonds. The third kappa shape index (κ3) is 4.63. The minimum absolute atomic E-state index is 0.0924. The van der Waals surface area contributed by atoms with Crippen molar-refractivity contribution in [1.82, 2.24) is 5.32 Å². The molecule has 1 heterocycles. The number of ether oxygens (including phenoxy) is 2. The van der Waals surface area contributed by atoms with Gasteiger partial charge in [-0.15, -0.1) is 0 Å². The van der Waals surface area contributed by atoms with Crippen LogP contribution >= 0.6 is 0 Å². The lowest BCUT2D eigenvalue weighted by molar-refractivity contribution is -0.122. The highest BCUT2D eigenvalue weighted by Gasteiger charge is 2.37. The SMILES string of the molecule is COc1cc(/C=C2/C(=O)NC(=O)N(c3ccccc3F)C2=O)ccc1OCc1cccc(F)c1. The zero-order valence-electron chi connectivity index (χ0n) is 17.9. The molecule has 0 bridgehead atoms. The maximum absolute atomic E-state index is 14.2. The van der Waals surface area contributed by atoms with E-state index in [1.807, 2.05) is 5.32 Å². The number of hydrogen-bond acceptors (Lipinski definition) is 5. The zero-order chi connectivity index (χ0) is 24.2. The number of imide groups is 2. The Hall–Kier alpha value is -4.53. The fourth-order valence-electron chi connectivity index (χ4n) is 3.36. The third-order valence-corrected chi connectivity index (χ3v) is 4.98. The Morgan fingerprint density at radius 1 is 0.941 bits per heavy atom. The van der Waals surface area contributed by atoms with Gasteiger partial charge in [0.15, 0.2) is 11.5 Å². The van der Waals surface area contributed by atoms with Crippen molar-refractivity contribution in [2.75, 3.05) is 12.0 Å². The lowest BCUT2D eigenvalue weighted by Crippen LogP contribution is -2.54. The average Bonchev–Trinajstić information content (AvgIpc) is 2.82. The molecule has 1 aliphatic rings. The van der Waals surface area contributed by atoms with Crippen molar-refractivity contribution in [1.29, 1.82) is 0 Å². The van der Waals surface area contributed by atoms with Gasteiger partial charge in [-0.2, -0.15) is 0 Å². The first-order valence-corrected chi connectivity index (χ1v) is 10.1. The molecule has 0 aliphatic carbocycles. The van der Waals surface area contributed by atoms with Crippen LogP contribution in [0.3, 0.4) is 0 Å². The van der Waals surface area contributed by atoms with Crippen molar-refractivity contribution in [3.8, 4) is 11.5 Å². The molecule has 0 radical (unpaired) electrons. The van der Waals surface area contributed by atoms with Crippen molar-refractivity contribution in [3.05, 3.63) is 95.1 Å². The maximum atomic E-state index is 14.2. The number of benzene rings is 3. The molecule has 0 saturated carbocycles. The van der Waals surface area contributed by atoms with Crippen LogP contribution in [-0.2, 0) is 16.2 Å². The normalized spacial score (nSPS) is 14.9. The Kier molecular flexibility index (Phi) is 6.35. The second kappa shape index (κ2) is 9.53. The van der Waals surface area contributed by atoms with E-state index in [0.29, 0.717) is 27.5 Å². The Morgan fingerprint density at radius 3 is 2.47 bits per heavy atom. The van der Waals surface area contributed by atoms with Crippen molar-refractivity contribution < 1.29 is 32.6 Å². The lowest BCUT2D eigenvalue weighted by Gasteiger charge is -2.26. The summed E-state index contributed by atoms with van der Waals surface area (Å²) in [6.07, 6.45) is 1.26. The van der Waals surface area contributed by atoms with Crippen LogP contribution in [0.5, 0.6) is 11.5 Å². The number of carbonyl (C=O) groups excluding carboxylic acids is 3. The second-order valence-corrected chi connectivity index (χ2v) is 7.24. The number of barbiturate groups is 1. The first-order valence-electron chi connectivity index (χ1n) is 10.1. The summed E-state index contributed by atoms with van der Waals surface area (Å²) in [4.78, 5) is 38.1. The molecule has 9 heteroatoms. The van der Waals surface area contributed by atoms with Crippen molar-refractivity contribution in [2.45, 2.75) is 6.61 Å². The molecule has 172 valence electrons.